The number of carboxylic acids is 1. The molecule has 1 fully saturated rings. The molecule has 1 aliphatic carbocycles. The van der Waals surface area contributed by atoms with Crippen molar-refractivity contribution < 1.29 is 27.4 Å². The van der Waals surface area contributed by atoms with E-state index in [0.29, 0.717) is 11.6 Å². The van der Waals surface area contributed by atoms with Crippen LogP contribution in [0.3, 0.4) is 0 Å². The zero-order valence-corrected chi connectivity index (χ0v) is 18.9. The monoisotopic (exact) mass is 475 g/mol. The van der Waals surface area contributed by atoms with Gasteiger partial charge in [-0.05, 0) is 48.6 Å². The van der Waals surface area contributed by atoms with Gasteiger partial charge < -0.3 is 15.6 Å². The normalized spacial score (nSPS) is 15.5. The molecule has 0 saturated heterocycles. The second-order valence-corrected chi connectivity index (χ2v) is 9.40. The van der Waals surface area contributed by atoms with Crippen LogP contribution in [0.1, 0.15) is 53.9 Å². The first-order valence-corrected chi connectivity index (χ1v) is 11.9. The maximum atomic E-state index is 14.0. The molecule has 0 radical (unpaired) electrons. The number of anilines is 1. The van der Waals surface area contributed by atoms with E-state index in [9.17, 15) is 17.6 Å². The zero-order valence-electron chi connectivity index (χ0n) is 18.1. The molecule has 0 atom stereocenters. The average molecular weight is 476 g/mol. The topological polar surface area (TPSA) is 131 Å². The molecule has 2 aromatic rings. The van der Waals surface area contributed by atoms with Crippen LogP contribution in [-0.4, -0.2) is 32.8 Å². The van der Waals surface area contributed by atoms with E-state index >= 15 is 0 Å². The van der Waals surface area contributed by atoms with E-state index in [1.165, 1.54) is 51.0 Å². The highest BCUT2D eigenvalue weighted by Gasteiger charge is 2.21. The Labute approximate surface area is 192 Å². The van der Waals surface area contributed by atoms with Crippen molar-refractivity contribution in [2.45, 2.75) is 38.0 Å². The van der Waals surface area contributed by atoms with Crippen LogP contribution in [-0.2, 0) is 10.0 Å². The minimum absolute atomic E-state index is 0.170. The molecular weight excluding hydrogens is 449 g/mol. The number of ether oxygens (including phenoxy) is 1. The van der Waals surface area contributed by atoms with Crippen LogP contribution in [0.25, 0.3) is 0 Å². The van der Waals surface area contributed by atoms with Gasteiger partial charge in [-0.15, -0.1) is 0 Å². The third-order valence-electron chi connectivity index (χ3n) is 5.51. The van der Waals surface area contributed by atoms with Crippen molar-refractivity contribution in [3.05, 3.63) is 64.4 Å². The van der Waals surface area contributed by atoms with Gasteiger partial charge in [0.05, 0.1) is 24.0 Å². The van der Waals surface area contributed by atoms with E-state index in [1.807, 2.05) is 24.3 Å². The van der Waals surface area contributed by atoms with Crippen LogP contribution in [0.2, 0.25) is 0 Å². The third-order valence-corrected chi connectivity index (χ3v) is 6.75. The Hall–Kier alpha value is -3.40. The lowest BCUT2D eigenvalue weighted by Crippen LogP contribution is -2.21. The lowest BCUT2D eigenvalue weighted by atomic mass is 9.84. The number of halogens is 1. The van der Waals surface area contributed by atoms with Gasteiger partial charge in [0.1, 0.15) is 16.6 Å². The summed E-state index contributed by atoms with van der Waals surface area (Å²) < 4.78 is 46.1. The summed E-state index contributed by atoms with van der Waals surface area (Å²) in [4.78, 5) is 15.3. The van der Waals surface area contributed by atoms with Gasteiger partial charge in [0.15, 0.2) is 0 Å². The number of rotatable bonds is 8. The number of aliphatic imine (C=N–C) groups is 1. The van der Waals surface area contributed by atoms with Gasteiger partial charge in [0.2, 0.25) is 0 Å². The van der Waals surface area contributed by atoms with Crippen LogP contribution < -0.4 is 15.2 Å². The number of methoxy groups -OCH3 is 1. The Morgan fingerprint density at radius 3 is 2.48 bits per heavy atom. The number of aromatic carboxylic acids is 1. The molecule has 33 heavy (non-hydrogen) atoms. The van der Waals surface area contributed by atoms with Crippen molar-refractivity contribution in [2.75, 3.05) is 11.8 Å². The van der Waals surface area contributed by atoms with Crippen LogP contribution >= 0.6 is 0 Å². The maximum absolute atomic E-state index is 14.0. The summed E-state index contributed by atoms with van der Waals surface area (Å²) >= 11 is 0. The largest absolute Gasteiger partial charge is 0.495 e. The summed E-state index contributed by atoms with van der Waals surface area (Å²) in [6.45, 7) is 0. The second-order valence-electron chi connectivity index (χ2n) is 7.72. The van der Waals surface area contributed by atoms with E-state index in [4.69, 9.17) is 15.6 Å². The number of sulfonamides is 1. The molecule has 0 bridgehead atoms. The molecule has 0 unspecified atom stereocenters. The fourth-order valence-electron chi connectivity index (χ4n) is 3.72. The number of carboxylic acid groups (broad SMARTS) is 1. The average Bonchev–Trinajstić information content (AvgIpc) is 2.79. The molecule has 0 spiro atoms. The summed E-state index contributed by atoms with van der Waals surface area (Å²) in [5, 5.41) is 8.43. The molecule has 0 heterocycles. The smallest absolute Gasteiger partial charge is 0.338 e. The first-order chi connectivity index (χ1) is 15.7. The molecule has 4 N–H and O–H groups in total. The van der Waals surface area contributed by atoms with Crippen molar-refractivity contribution in [1.29, 1.82) is 0 Å². The number of nitrogens with two attached hydrogens (primary N) is 1. The highest BCUT2D eigenvalue weighted by molar-refractivity contribution is 7.96. The molecular formula is C23H26FN3O5S. The van der Waals surface area contributed by atoms with Crippen LogP contribution in [0.4, 0.5) is 15.8 Å². The highest BCUT2D eigenvalue weighted by atomic mass is 32.2. The number of benzene rings is 2. The number of hydrogen-bond donors (Lipinski definition) is 3. The molecule has 0 amide bonds. The fourth-order valence-corrected chi connectivity index (χ4v) is 4.53. The lowest BCUT2D eigenvalue weighted by Gasteiger charge is -2.21. The molecule has 10 heteroatoms. The van der Waals surface area contributed by atoms with Crippen LogP contribution in [0.15, 0.2) is 52.5 Å². The van der Waals surface area contributed by atoms with Gasteiger partial charge >= 0.3 is 5.97 Å². The fraction of sp³-hybridized carbons (Fsp3) is 0.304. The first kappa shape index (κ1) is 24.2. The SMILES string of the molecule is COc1cc(C(=O)O)c(F)cc1NS(=O)(=O)C(N)=CC=Nc1ccc(C2CCCCC2)cc1. The Morgan fingerprint density at radius 2 is 1.88 bits per heavy atom. The first-order valence-electron chi connectivity index (χ1n) is 10.4. The minimum atomic E-state index is -4.27. The van der Waals surface area contributed by atoms with Crippen molar-refractivity contribution in [3.8, 4) is 5.75 Å². The van der Waals surface area contributed by atoms with E-state index in [0.717, 1.165) is 18.2 Å². The molecule has 0 aliphatic heterocycles. The van der Waals surface area contributed by atoms with Crippen LogP contribution in [0.5, 0.6) is 5.75 Å². The quantitative estimate of drug-likeness (QED) is 0.481. The van der Waals surface area contributed by atoms with Gasteiger partial charge in [-0.25, -0.2) is 9.18 Å². The van der Waals surface area contributed by atoms with Gasteiger partial charge in [-0.3, -0.25) is 9.71 Å². The summed E-state index contributed by atoms with van der Waals surface area (Å²) in [6, 6.07) is 9.41. The minimum Gasteiger partial charge on any atom is -0.495 e. The predicted octanol–water partition coefficient (Wildman–Crippen LogP) is 4.52. The number of nitrogens with one attached hydrogen (secondary N) is 1. The third kappa shape index (κ3) is 6.10. The summed E-state index contributed by atoms with van der Waals surface area (Å²) in [7, 11) is -3.07. The van der Waals surface area contributed by atoms with E-state index in [1.54, 1.807) is 0 Å². The highest BCUT2D eigenvalue weighted by Crippen LogP contribution is 2.33. The standard InChI is InChI=1S/C23H26FN3O5S/c1-32-21-13-18(23(28)29)19(24)14-20(21)27-33(30,31)22(25)11-12-26-17-9-7-16(8-10-17)15-5-3-2-4-6-15/h7-15,27H,2-6,25H2,1H3,(H,28,29). The second kappa shape index (κ2) is 10.5. The summed E-state index contributed by atoms with van der Waals surface area (Å²) in [6.07, 6.45) is 8.54. The number of hydrogen-bond acceptors (Lipinski definition) is 6. The van der Waals surface area contributed by atoms with Crippen molar-refractivity contribution >= 4 is 33.6 Å². The molecule has 176 valence electrons. The Bertz CT molecular complexity index is 1170. The van der Waals surface area contributed by atoms with Gasteiger partial charge in [-0.2, -0.15) is 8.42 Å². The van der Waals surface area contributed by atoms with E-state index < -0.39 is 32.4 Å². The van der Waals surface area contributed by atoms with Crippen LogP contribution in [0, 0.1) is 5.82 Å². The Morgan fingerprint density at radius 1 is 1.21 bits per heavy atom. The number of carbonyl (C=O) groups is 1. The summed E-state index contributed by atoms with van der Waals surface area (Å²) in [5.74, 6) is -2.23. The maximum Gasteiger partial charge on any atom is 0.338 e. The molecule has 1 aliphatic rings. The predicted molar refractivity (Wildman–Crippen MR) is 125 cm³/mol. The molecule has 3 rings (SSSR count). The van der Waals surface area contributed by atoms with Gasteiger partial charge in [-0.1, -0.05) is 31.4 Å². The van der Waals surface area contributed by atoms with Gasteiger partial charge in [0, 0.05) is 12.3 Å². The van der Waals surface area contributed by atoms with Crippen molar-refractivity contribution in [1.82, 2.24) is 0 Å². The van der Waals surface area contributed by atoms with Crippen molar-refractivity contribution in [2.24, 2.45) is 10.7 Å². The van der Waals surface area contributed by atoms with E-state index in [-0.39, 0.29) is 11.4 Å². The van der Waals surface area contributed by atoms with Gasteiger partial charge in [0.25, 0.3) is 10.0 Å². The molecule has 2 aromatic carbocycles. The zero-order chi connectivity index (χ0) is 24.0. The Kier molecular flexibility index (Phi) is 7.70. The van der Waals surface area contributed by atoms with E-state index in [2.05, 4.69) is 9.71 Å². The van der Waals surface area contributed by atoms with Crippen molar-refractivity contribution in [3.63, 3.8) is 0 Å². The number of allylic oxidation sites excluding steroid dienone is 1. The number of nitrogens with zero attached hydrogens (tertiary/aromatic N) is 1. The molecule has 1 saturated carbocycles. The lowest BCUT2D eigenvalue weighted by molar-refractivity contribution is 0.0691. The molecule has 8 nitrogen and oxygen atoms in total. The molecule has 0 aromatic heterocycles. The summed E-state index contributed by atoms with van der Waals surface area (Å²) in [5.41, 5.74) is 6.68. The Balaban J connectivity index is 1.71.